The van der Waals surface area contributed by atoms with Gasteiger partial charge in [-0.25, -0.2) is 4.79 Å². The SMILES string of the molecule is Cc1cn([C@H]2O[C@@H](C)C(O)C2O)c(=O)[nH]c1=O. The highest BCUT2D eigenvalue weighted by atomic mass is 16.6. The number of nitrogens with one attached hydrogen (secondary N) is 1. The van der Waals surface area contributed by atoms with Crippen molar-refractivity contribution >= 4 is 0 Å². The summed E-state index contributed by atoms with van der Waals surface area (Å²) in [7, 11) is 0. The minimum atomic E-state index is -1.20. The lowest BCUT2D eigenvalue weighted by molar-refractivity contribution is -0.0352. The van der Waals surface area contributed by atoms with Crippen LogP contribution in [0.2, 0.25) is 0 Å². The lowest BCUT2D eigenvalue weighted by Gasteiger charge is -2.17. The summed E-state index contributed by atoms with van der Waals surface area (Å²) in [5.41, 5.74) is -0.826. The largest absolute Gasteiger partial charge is 0.388 e. The van der Waals surface area contributed by atoms with E-state index in [0.717, 1.165) is 4.57 Å². The molecule has 1 aliphatic rings. The van der Waals surface area contributed by atoms with Gasteiger partial charge >= 0.3 is 5.69 Å². The molecule has 1 fully saturated rings. The Kier molecular flexibility index (Phi) is 2.90. The molecule has 1 aromatic heterocycles. The minimum absolute atomic E-state index is 0.328. The predicted octanol–water partition coefficient (Wildman–Crippen LogP) is -1.52. The third-order valence-electron chi connectivity index (χ3n) is 2.90. The van der Waals surface area contributed by atoms with E-state index in [-0.39, 0.29) is 0 Å². The highest BCUT2D eigenvalue weighted by Gasteiger charge is 2.41. The van der Waals surface area contributed by atoms with Crippen molar-refractivity contribution in [2.75, 3.05) is 0 Å². The van der Waals surface area contributed by atoms with Crippen molar-refractivity contribution < 1.29 is 14.9 Å². The number of nitrogens with zero attached hydrogens (tertiary/aromatic N) is 1. The summed E-state index contributed by atoms with van der Waals surface area (Å²) >= 11 is 0. The minimum Gasteiger partial charge on any atom is -0.388 e. The molecule has 1 aromatic rings. The Labute approximate surface area is 96.3 Å². The second-order valence-electron chi connectivity index (χ2n) is 4.19. The van der Waals surface area contributed by atoms with Crippen molar-refractivity contribution in [3.8, 4) is 0 Å². The van der Waals surface area contributed by atoms with Crippen LogP contribution in [0.15, 0.2) is 15.8 Å². The van der Waals surface area contributed by atoms with Crippen LogP contribution in [-0.4, -0.2) is 38.1 Å². The molecule has 0 saturated carbocycles. The summed E-state index contributed by atoms with van der Waals surface area (Å²) in [4.78, 5) is 24.9. The molecule has 7 heteroatoms. The molecule has 17 heavy (non-hydrogen) atoms. The van der Waals surface area contributed by atoms with Gasteiger partial charge in [0.2, 0.25) is 0 Å². The lowest BCUT2D eigenvalue weighted by atomic mass is 10.1. The normalized spacial score (nSPS) is 32.9. The summed E-state index contributed by atoms with van der Waals surface area (Å²) in [6.07, 6.45) is -2.51. The smallest absolute Gasteiger partial charge is 0.330 e. The van der Waals surface area contributed by atoms with Gasteiger partial charge in [-0.15, -0.1) is 0 Å². The monoisotopic (exact) mass is 242 g/mol. The van der Waals surface area contributed by atoms with E-state index in [4.69, 9.17) is 4.74 Å². The van der Waals surface area contributed by atoms with E-state index in [0.29, 0.717) is 5.56 Å². The van der Waals surface area contributed by atoms with Crippen LogP contribution >= 0.6 is 0 Å². The van der Waals surface area contributed by atoms with Crippen LogP contribution in [0.25, 0.3) is 0 Å². The Bertz CT molecular complexity index is 534. The molecule has 2 heterocycles. The first kappa shape index (κ1) is 12.0. The number of hydrogen-bond donors (Lipinski definition) is 3. The third kappa shape index (κ3) is 1.92. The lowest BCUT2D eigenvalue weighted by Crippen LogP contribution is -2.38. The molecule has 94 valence electrons. The van der Waals surface area contributed by atoms with Crippen LogP contribution < -0.4 is 11.2 Å². The Morgan fingerprint density at radius 3 is 2.53 bits per heavy atom. The number of ether oxygens (including phenoxy) is 1. The number of aromatic amines is 1. The van der Waals surface area contributed by atoms with Crippen LogP contribution in [0.1, 0.15) is 18.7 Å². The van der Waals surface area contributed by atoms with Gasteiger partial charge in [-0.2, -0.15) is 0 Å². The fourth-order valence-corrected chi connectivity index (χ4v) is 1.83. The number of hydrogen-bond acceptors (Lipinski definition) is 5. The molecule has 0 aromatic carbocycles. The zero-order valence-electron chi connectivity index (χ0n) is 9.45. The molecule has 0 amide bonds. The molecule has 1 saturated heterocycles. The standard InChI is InChI=1S/C10H14N2O5/c1-4-3-12(10(16)11-8(4)15)9-7(14)6(13)5(2)17-9/h3,5-7,9,13-14H,1-2H3,(H,11,15,16)/t5-,6?,7?,9-/m0/s1. The molecular weight excluding hydrogens is 228 g/mol. The molecule has 4 atom stereocenters. The summed E-state index contributed by atoms with van der Waals surface area (Å²) in [5, 5.41) is 19.3. The van der Waals surface area contributed by atoms with Crippen molar-refractivity contribution in [2.45, 2.75) is 38.4 Å². The first-order valence-electron chi connectivity index (χ1n) is 5.25. The first-order valence-corrected chi connectivity index (χ1v) is 5.25. The summed E-state index contributed by atoms with van der Waals surface area (Å²) in [5.74, 6) is 0. The van der Waals surface area contributed by atoms with Gasteiger partial charge in [-0.1, -0.05) is 0 Å². The van der Waals surface area contributed by atoms with Gasteiger partial charge in [0.25, 0.3) is 5.56 Å². The topological polar surface area (TPSA) is 105 Å². The maximum Gasteiger partial charge on any atom is 0.330 e. The van der Waals surface area contributed by atoms with Gasteiger partial charge in [0.1, 0.15) is 12.2 Å². The fraction of sp³-hybridized carbons (Fsp3) is 0.600. The van der Waals surface area contributed by atoms with Crippen LogP contribution in [0.4, 0.5) is 0 Å². The molecule has 0 bridgehead atoms. The summed E-state index contributed by atoms with van der Waals surface area (Å²) in [6, 6.07) is 0. The number of aryl methyl sites for hydroxylation is 1. The van der Waals surface area contributed by atoms with Crippen LogP contribution in [0.5, 0.6) is 0 Å². The van der Waals surface area contributed by atoms with E-state index >= 15 is 0 Å². The van der Waals surface area contributed by atoms with Gasteiger partial charge in [-0.3, -0.25) is 14.3 Å². The predicted molar refractivity (Wildman–Crippen MR) is 57.7 cm³/mol. The number of aliphatic hydroxyl groups excluding tert-OH is 2. The van der Waals surface area contributed by atoms with Gasteiger partial charge < -0.3 is 14.9 Å². The van der Waals surface area contributed by atoms with Crippen molar-refractivity contribution in [1.82, 2.24) is 9.55 Å². The van der Waals surface area contributed by atoms with Gasteiger partial charge in [0.15, 0.2) is 6.23 Å². The zero-order chi connectivity index (χ0) is 12.7. The maximum absolute atomic E-state index is 11.6. The molecule has 7 nitrogen and oxygen atoms in total. The van der Waals surface area contributed by atoms with Crippen molar-refractivity contribution in [2.24, 2.45) is 0 Å². The van der Waals surface area contributed by atoms with E-state index in [2.05, 4.69) is 4.98 Å². The summed E-state index contributed by atoms with van der Waals surface area (Å²) < 4.78 is 6.37. The molecule has 0 radical (unpaired) electrons. The number of aliphatic hydroxyl groups is 2. The fourth-order valence-electron chi connectivity index (χ4n) is 1.83. The van der Waals surface area contributed by atoms with E-state index in [1.165, 1.54) is 13.1 Å². The quantitative estimate of drug-likeness (QED) is 0.555. The van der Waals surface area contributed by atoms with Crippen LogP contribution in [0.3, 0.4) is 0 Å². The van der Waals surface area contributed by atoms with Crippen LogP contribution in [-0.2, 0) is 4.74 Å². The van der Waals surface area contributed by atoms with Crippen molar-refractivity contribution in [3.63, 3.8) is 0 Å². The van der Waals surface area contributed by atoms with E-state index in [1.807, 2.05) is 0 Å². The second-order valence-corrected chi connectivity index (χ2v) is 4.19. The highest BCUT2D eigenvalue weighted by Crippen LogP contribution is 2.27. The molecule has 2 rings (SSSR count). The number of aromatic nitrogens is 2. The number of rotatable bonds is 1. The molecule has 1 aliphatic heterocycles. The molecular formula is C10H14N2O5. The zero-order valence-corrected chi connectivity index (χ0v) is 9.45. The summed E-state index contributed by atoms with van der Waals surface area (Å²) in [6.45, 7) is 3.13. The average molecular weight is 242 g/mol. The average Bonchev–Trinajstić information content (AvgIpc) is 2.51. The van der Waals surface area contributed by atoms with Gasteiger partial charge in [0.05, 0.1) is 6.10 Å². The Morgan fingerprint density at radius 2 is 2.00 bits per heavy atom. The maximum atomic E-state index is 11.6. The first-order chi connectivity index (χ1) is 7.91. The molecule has 0 spiro atoms. The highest BCUT2D eigenvalue weighted by molar-refractivity contribution is 5.02. The van der Waals surface area contributed by atoms with Crippen LogP contribution in [0, 0.1) is 6.92 Å². The van der Waals surface area contributed by atoms with E-state index < -0.39 is 35.8 Å². The second kappa shape index (κ2) is 4.10. The Balaban J connectivity index is 2.46. The van der Waals surface area contributed by atoms with Gasteiger partial charge in [0, 0.05) is 11.8 Å². The Morgan fingerprint density at radius 1 is 1.35 bits per heavy atom. The van der Waals surface area contributed by atoms with Crippen molar-refractivity contribution in [1.29, 1.82) is 0 Å². The molecule has 2 unspecified atom stereocenters. The van der Waals surface area contributed by atoms with E-state index in [9.17, 15) is 19.8 Å². The molecule has 3 N–H and O–H groups in total. The van der Waals surface area contributed by atoms with Crippen molar-refractivity contribution in [3.05, 3.63) is 32.6 Å². The number of H-pyrrole nitrogens is 1. The third-order valence-corrected chi connectivity index (χ3v) is 2.90. The molecule has 0 aliphatic carbocycles. The van der Waals surface area contributed by atoms with E-state index in [1.54, 1.807) is 6.92 Å². The van der Waals surface area contributed by atoms with Gasteiger partial charge in [-0.05, 0) is 13.8 Å². The Hall–Kier alpha value is -1.44.